The monoisotopic (exact) mass is 408 g/mol. The number of rotatable bonds is 10. The predicted octanol–water partition coefficient (Wildman–Crippen LogP) is 2.51. The van der Waals surface area contributed by atoms with Gasteiger partial charge in [-0.05, 0) is 39.8 Å². The molecule has 2 atom stereocenters. The van der Waals surface area contributed by atoms with E-state index in [0.717, 1.165) is 13.0 Å². The van der Waals surface area contributed by atoms with Crippen molar-refractivity contribution in [3.63, 3.8) is 0 Å². The molecule has 3 fully saturated rings. The lowest BCUT2D eigenvalue weighted by Gasteiger charge is -2.18. The van der Waals surface area contributed by atoms with Crippen LogP contribution in [0, 0.1) is 5.92 Å². The number of Topliss-reactive ketones (excluding diaryl/α,β-unsaturated/α-hetero) is 3. The lowest BCUT2D eigenvalue weighted by atomic mass is 9.94. The van der Waals surface area contributed by atoms with Crippen LogP contribution in [0.5, 0.6) is 0 Å². The Bertz CT molecular complexity index is 470. The molecule has 9 heteroatoms. The van der Waals surface area contributed by atoms with Gasteiger partial charge < -0.3 is 10.6 Å². The number of nitrogens with one attached hydrogen (secondary N) is 2. The Morgan fingerprint density at radius 3 is 2.58 bits per heavy atom. The van der Waals surface area contributed by atoms with Gasteiger partial charge in [-0.2, -0.15) is 0 Å². The average molecular weight is 409 g/mol. The third-order valence-corrected chi connectivity index (χ3v) is 11.8. The van der Waals surface area contributed by atoms with E-state index in [-0.39, 0.29) is 34.7 Å². The van der Waals surface area contributed by atoms with Crippen LogP contribution in [0.1, 0.15) is 32.6 Å². The third kappa shape index (κ3) is 6.25. The summed E-state index contributed by atoms with van der Waals surface area (Å²) < 4.78 is 0.463. The van der Waals surface area contributed by atoms with Gasteiger partial charge in [0.25, 0.3) is 0 Å². The maximum atomic E-state index is 12.4. The Balaban J connectivity index is 1.74. The van der Waals surface area contributed by atoms with Crippen molar-refractivity contribution in [3.8, 4) is 0 Å². The smallest absolute Gasteiger partial charge is 0.160 e. The fourth-order valence-electron chi connectivity index (χ4n) is 2.63. The minimum Gasteiger partial charge on any atom is -0.320 e. The summed E-state index contributed by atoms with van der Waals surface area (Å²) in [6, 6.07) is -0.280. The van der Waals surface area contributed by atoms with Crippen LogP contribution in [0.15, 0.2) is 0 Å². The first-order valence-electron chi connectivity index (χ1n) is 8.09. The fourth-order valence-corrected chi connectivity index (χ4v) is 10.9. The highest BCUT2D eigenvalue weighted by Crippen LogP contribution is 2.59. The summed E-state index contributed by atoms with van der Waals surface area (Å²) in [6.45, 7) is 2.48. The summed E-state index contributed by atoms with van der Waals surface area (Å²) in [4.78, 5) is 36.2. The van der Waals surface area contributed by atoms with Gasteiger partial charge in [0.2, 0.25) is 0 Å². The van der Waals surface area contributed by atoms with Gasteiger partial charge in [-0.25, -0.2) is 0 Å². The van der Waals surface area contributed by atoms with Gasteiger partial charge in [-0.3, -0.25) is 14.4 Å². The first-order valence-corrected chi connectivity index (χ1v) is 12.6. The minimum absolute atomic E-state index is 0.00171. The molecular formula is C15H24N2O3S4. The number of ketones is 3. The molecule has 0 aromatic rings. The third-order valence-electron chi connectivity index (χ3n) is 4.10. The maximum Gasteiger partial charge on any atom is 0.160 e. The second-order valence-electron chi connectivity index (χ2n) is 6.00. The van der Waals surface area contributed by atoms with E-state index < -0.39 is 0 Å². The Morgan fingerprint density at radius 2 is 1.96 bits per heavy atom. The summed E-state index contributed by atoms with van der Waals surface area (Å²) in [7, 11) is 8.78. The largest absolute Gasteiger partial charge is 0.320 e. The highest BCUT2D eigenvalue weighted by molar-refractivity contribution is 8.93. The van der Waals surface area contributed by atoms with E-state index in [1.807, 2.05) is 7.05 Å². The van der Waals surface area contributed by atoms with Crippen molar-refractivity contribution in [3.05, 3.63) is 0 Å². The molecule has 3 aliphatic heterocycles. The number of hydrogen-bond acceptors (Lipinski definition) is 9. The van der Waals surface area contributed by atoms with E-state index in [0.29, 0.717) is 29.6 Å². The quantitative estimate of drug-likeness (QED) is 0.530. The SMILES string of the molecule is CNCC[C@H](NCC(=O)CC[C@@H]1CC2SSC(SS2)C1=O)C(C)=O. The summed E-state index contributed by atoms with van der Waals surface area (Å²) >= 11 is 0. The second kappa shape index (κ2) is 10.5. The zero-order valence-electron chi connectivity index (χ0n) is 13.9. The van der Waals surface area contributed by atoms with Gasteiger partial charge in [-0.1, -0.05) is 43.2 Å². The molecule has 3 rings (SSSR count). The lowest BCUT2D eigenvalue weighted by Crippen LogP contribution is -2.40. The molecule has 0 saturated carbocycles. The molecule has 3 heterocycles. The van der Waals surface area contributed by atoms with Gasteiger partial charge in [0.15, 0.2) is 5.78 Å². The van der Waals surface area contributed by atoms with Crippen molar-refractivity contribution in [1.82, 2.24) is 10.6 Å². The molecule has 3 aliphatic rings. The average Bonchev–Trinajstić information content (AvgIpc) is 2.81. The molecule has 24 heavy (non-hydrogen) atoms. The van der Waals surface area contributed by atoms with Crippen molar-refractivity contribution >= 4 is 60.5 Å². The van der Waals surface area contributed by atoms with Gasteiger partial charge in [0.1, 0.15) is 16.1 Å². The molecule has 2 bridgehead atoms. The second-order valence-corrected chi connectivity index (χ2v) is 11.8. The first kappa shape index (κ1) is 20.6. The summed E-state index contributed by atoms with van der Waals surface area (Å²) in [5.74, 6) is 0.427. The topological polar surface area (TPSA) is 75.3 Å². The number of carbonyl (C=O) groups excluding carboxylic acids is 3. The Labute approximate surface area is 159 Å². The molecule has 0 radical (unpaired) electrons. The van der Waals surface area contributed by atoms with Crippen molar-refractivity contribution in [2.75, 3.05) is 20.1 Å². The van der Waals surface area contributed by atoms with Crippen LogP contribution >= 0.6 is 43.2 Å². The number of hydrogen-bond donors (Lipinski definition) is 2. The zero-order valence-corrected chi connectivity index (χ0v) is 17.2. The molecule has 136 valence electrons. The zero-order chi connectivity index (χ0) is 17.5. The normalized spacial score (nSPS) is 27.8. The molecular weight excluding hydrogens is 384 g/mol. The lowest BCUT2D eigenvalue weighted by molar-refractivity contribution is -0.122. The van der Waals surface area contributed by atoms with Crippen LogP contribution in [0.4, 0.5) is 0 Å². The van der Waals surface area contributed by atoms with Crippen molar-refractivity contribution in [2.24, 2.45) is 5.92 Å². The van der Waals surface area contributed by atoms with Gasteiger partial charge in [0, 0.05) is 12.3 Å². The predicted molar refractivity (Wildman–Crippen MR) is 106 cm³/mol. The highest BCUT2D eigenvalue weighted by Gasteiger charge is 2.39. The minimum atomic E-state index is -0.280. The molecule has 5 nitrogen and oxygen atoms in total. The van der Waals surface area contributed by atoms with Crippen LogP contribution in [-0.2, 0) is 14.4 Å². The van der Waals surface area contributed by atoms with Gasteiger partial charge in [0.05, 0.1) is 17.2 Å². The van der Waals surface area contributed by atoms with E-state index in [1.54, 1.807) is 50.1 Å². The molecule has 0 spiro atoms. The van der Waals surface area contributed by atoms with E-state index in [4.69, 9.17) is 0 Å². The van der Waals surface area contributed by atoms with Crippen LogP contribution in [0.25, 0.3) is 0 Å². The van der Waals surface area contributed by atoms with E-state index in [9.17, 15) is 14.4 Å². The maximum absolute atomic E-state index is 12.4. The fraction of sp³-hybridized carbons (Fsp3) is 0.800. The van der Waals surface area contributed by atoms with Crippen molar-refractivity contribution < 1.29 is 14.4 Å². The summed E-state index contributed by atoms with van der Waals surface area (Å²) in [5, 5.41) is 6.07. The van der Waals surface area contributed by atoms with Crippen molar-refractivity contribution in [1.29, 1.82) is 0 Å². The Hall–Kier alpha value is 0.330. The Kier molecular flexibility index (Phi) is 9.01. The van der Waals surface area contributed by atoms with Crippen molar-refractivity contribution in [2.45, 2.75) is 47.8 Å². The summed E-state index contributed by atoms with van der Waals surface area (Å²) in [5.41, 5.74) is 0. The van der Waals surface area contributed by atoms with E-state index >= 15 is 0 Å². The Morgan fingerprint density at radius 1 is 1.25 bits per heavy atom. The van der Waals surface area contributed by atoms with Crippen LogP contribution < -0.4 is 10.6 Å². The number of carbonyl (C=O) groups is 3. The van der Waals surface area contributed by atoms with Crippen LogP contribution in [0.2, 0.25) is 0 Å². The van der Waals surface area contributed by atoms with Crippen LogP contribution in [0.3, 0.4) is 0 Å². The molecule has 0 unspecified atom stereocenters. The number of fused-ring (bicyclic) bond motifs is 4. The van der Waals surface area contributed by atoms with Crippen LogP contribution in [-0.4, -0.2) is 52.7 Å². The molecule has 3 saturated heterocycles. The van der Waals surface area contributed by atoms with E-state index in [2.05, 4.69) is 10.6 Å². The molecule has 2 N–H and O–H groups in total. The molecule has 0 amide bonds. The van der Waals surface area contributed by atoms with E-state index in [1.165, 1.54) is 0 Å². The molecule has 0 aliphatic carbocycles. The highest BCUT2D eigenvalue weighted by atomic mass is 33.2. The van der Waals surface area contributed by atoms with Gasteiger partial charge in [-0.15, -0.1) is 0 Å². The molecule has 0 aromatic carbocycles. The standard InChI is InChI=1S/C15H24N2O3S4/c1-9(18)12(5-6-16-2)17-8-11(19)4-3-10-7-13-21-23-15(14(10)20)24-22-13/h10,12-13,15-17H,3-8H2,1-2H3/t10-,12+,13?,15?/m1/s1. The summed E-state index contributed by atoms with van der Waals surface area (Å²) in [6.07, 6.45) is 2.58. The van der Waals surface area contributed by atoms with Gasteiger partial charge >= 0.3 is 0 Å². The molecule has 0 aromatic heterocycles. The first-order chi connectivity index (χ1) is 11.5.